The number of piperidine rings is 1. The number of carboxylic acids is 2. The molecule has 1 atom stereocenters. The van der Waals surface area contributed by atoms with Crippen molar-refractivity contribution < 1.29 is 51.7 Å². The molecule has 1 unspecified atom stereocenters. The number of imide groups is 1. The second kappa shape index (κ2) is 9.81. The SMILES string of the molecule is O=C(O)CC1SC(=Nc2cc(N3C(=O)CC(C(F)(F)F)CC3=O)c(F)cc2Cl)N(CC(=O)O)C1=O. The highest BCUT2D eigenvalue weighted by Crippen LogP contribution is 2.40. The summed E-state index contributed by atoms with van der Waals surface area (Å²) in [6, 6.07) is 1.44. The number of rotatable bonds is 6. The summed E-state index contributed by atoms with van der Waals surface area (Å²) in [5, 5.41) is 16.1. The summed E-state index contributed by atoms with van der Waals surface area (Å²) >= 11 is 6.59. The fourth-order valence-corrected chi connectivity index (χ4v) is 4.70. The summed E-state index contributed by atoms with van der Waals surface area (Å²) in [5.41, 5.74) is -1.08. The lowest BCUT2D eigenvalue weighted by Crippen LogP contribution is -2.47. The van der Waals surface area contributed by atoms with Gasteiger partial charge in [0.25, 0.3) is 0 Å². The van der Waals surface area contributed by atoms with Gasteiger partial charge in [0.05, 0.1) is 28.7 Å². The third kappa shape index (κ3) is 5.73. The second-order valence-corrected chi connectivity index (χ2v) is 9.02. The van der Waals surface area contributed by atoms with Gasteiger partial charge in [0.2, 0.25) is 17.7 Å². The Hall–Kier alpha value is -3.20. The molecular formula is C19H14ClF4N3O7S. The van der Waals surface area contributed by atoms with E-state index in [0.717, 1.165) is 6.07 Å². The Morgan fingerprint density at radius 1 is 1.11 bits per heavy atom. The monoisotopic (exact) mass is 539 g/mol. The van der Waals surface area contributed by atoms with Crippen molar-refractivity contribution in [2.75, 3.05) is 11.4 Å². The summed E-state index contributed by atoms with van der Waals surface area (Å²) < 4.78 is 53.5. The number of carbonyl (C=O) groups is 5. The fourth-order valence-electron chi connectivity index (χ4n) is 3.37. The van der Waals surface area contributed by atoms with Gasteiger partial charge < -0.3 is 10.2 Å². The largest absolute Gasteiger partial charge is 0.481 e. The second-order valence-electron chi connectivity index (χ2n) is 7.44. The minimum Gasteiger partial charge on any atom is -0.481 e. The Kier molecular flexibility index (Phi) is 7.40. The molecule has 1 aromatic rings. The predicted octanol–water partition coefficient (Wildman–Crippen LogP) is 2.80. The van der Waals surface area contributed by atoms with Crippen LogP contribution in [0.4, 0.5) is 28.9 Å². The molecule has 2 heterocycles. The molecule has 0 aliphatic carbocycles. The van der Waals surface area contributed by atoms with Crippen LogP contribution in [0.2, 0.25) is 5.02 Å². The van der Waals surface area contributed by atoms with Crippen LogP contribution in [-0.2, 0) is 24.0 Å². The van der Waals surface area contributed by atoms with Crippen LogP contribution in [0.1, 0.15) is 19.3 Å². The minimum atomic E-state index is -4.81. The predicted molar refractivity (Wildman–Crippen MR) is 113 cm³/mol. The van der Waals surface area contributed by atoms with Gasteiger partial charge in [-0.1, -0.05) is 23.4 Å². The van der Waals surface area contributed by atoms with Gasteiger partial charge in [-0.2, -0.15) is 13.2 Å². The molecule has 3 amide bonds. The van der Waals surface area contributed by atoms with E-state index in [-0.39, 0.29) is 15.8 Å². The van der Waals surface area contributed by atoms with Crippen LogP contribution < -0.4 is 4.90 Å². The van der Waals surface area contributed by atoms with Crippen LogP contribution in [0.25, 0.3) is 0 Å². The first-order valence-corrected chi connectivity index (χ1v) is 10.9. The number of halogens is 5. The molecule has 1 aromatic carbocycles. The Morgan fingerprint density at radius 2 is 1.71 bits per heavy atom. The number of alkyl halides is 3. The third-order valence-corrected chi connectivity index (χ3v) is 6.43. The molecule has 16 heteroatoms. The van der Waals surface area contributed by atoms with Gasteiger partial charge in [0.1, 0.15) is 17.6 Å². The van der Waals surface area contributed by atoms with Gasteiger partial charge in [0.15, 0.2) is 5.17 Å². The van der Waals surface area contributed by atoms with E-state index < -0.39 is 89.3 Å². The number of thioether (sulfide) groups is 1. The number of hydrogen-bond donors (Lipinski definition) is 2. The number of amides is 3. The average molecular weight is 540 g/mol. The summed E-state index contributed by atoms with van der Waals surface area (Å²) in [6.45, 7) is -0.881. The van der Waals surface area contributed by atoms with Crippen LogP contribution in [0.15, 0.2) is 17.1 Å². The third-order valence-electron chi connectivity index (χ3n) is 4.95. The zero-order valence-corrected chi connectivity index (χ0v) is 18.8. The van der Waals surface area contributed by atoms with Crippen LogP contribution in [0, 0.1) is 11.7 Å². The molecule has 2 aliphatic rings. The lowest BCUT2D eigenvalue weighted by molar-refractivity contribution is -0.185. The molecule has 2 N–H and O–H groups in total. The molecule has 0 radical (unpaired) electrons. The zero-order valence-electron chi connectivity index (χ0n) is 17.2. The van der Waals surface area contributed by atoms with Crippen LogP contribution in [0.5, 0.6) is 0 Å². The smallest absolute Gasteiger partial charge is 0.392 e. The van der Waals surface area contributed by atoms with Gasteiger partial charge >= 0.3 is 18.1 Å². The van der Waals surface area contributed by atoms with E-state index in [0.29, 0.717) is 22.7 Å². The number of aliphatic carboxylic acids is 2. The molecular weight excluding hydrogens is 526 g/mol. The fraction of sp³-hybridized carbons (Fsp3) is 0.368. The molecule has 35 heavy (non-hydrogen) atoms. The van der Waals surface area contributed by atoms with Gasteiger partial charge in [-0.3, -0.25) is 28.9 Å². The van der Waals surface area contributed by atoms with E-state index in [4.69, 9.17) is 21.8 Å². The van der Waals surface area contributed by atoms with Crippen LogP contribution in [-0.4, -0.2) is 67.9 Å². The summed E-state index contributed by atoms with van der Waals surface area (Å²) in [6.07, 6.45) is -7.64. The topological polar surface area (TPSA) is 145 Å². The average Bonchev–Trinajstić information content (AvgIpc) is 2.97. The number of benzene rings is 1. The van der Waals surface area contributed by atoms with E-state index in [1.165, 1.54) is 0 Å². The highest BCUT2D eigenvalue weighted by Gasteiger charge is 2.48. The van der Waals surface area contributed by atoms with E-state index in [9.17, 15) is 41.5 Å². The van der Waals surface area contributed by atoms with Crippen molar-refractivity contribution in [1.82, 2.24) is 4.90 Å². The van der Waals surface area contributed by atoms with Crippen molar-refractivity contribution in [3.05, 3.63) is 23.0 Å². The summed E-state index contributed by atoms with van der Waals surface area (Å²) in [5.74, 6) is -9.69. The van der Waals surface area contributed by atoms with E-state index in [1.54, 1.807) is 0 Å². The normalized spacial score (nSPS) is 20.8. The quantitative estimate of drug-likeness (QED) is 0.415. The number of amidine groups is 1. The lowest BCUT2D eigenvalue weighted by atomic mass is 9.94. The van der Waals surface area contributed by atoms with E-state index in [2.05, 4.69) is 4.99 Å². The number of anilines is 1. The molecule has 3 rings (SSSR count). The standard InChI is InChI=1S/C19H14ClF4N3O7S/c20-8-3-9(21)11(27-13(28)1-7(2-14(27)29)19(22,23)24)4-10(8)25-18-26(6-16(32)33)17(34)12(35-18)5-15(30)31/h3-4,7,12H,1-2,5-6H2,(H,30,31)(H,32,33). The number of carboxylic acid groups (broad SMARTS) is 2. The van der Waals surface area contributed by atoms with Crippen LogP contribution in [0.3, 0.4) is 0 Å². The molecule has 0 aromatic heterocycles. The maximum absolute atomic E-state index is 14.6. The molecule has 0 spiro atoms. The van der Waals surface area contributed by atoms with Gasteiger partial charge in [-0.25, -0.2) is 14.3 Å². The van der Waals surface area contributed by atoms with Crippen molar-refractivity contribution in [3.63, 3.8) is 0 Å². The van der Waals surface area contributed by atoms with Gasteiger partial charge in [-0.05, 0) is 12.1 Å². The van der Waals surface area contributed by atoms with E-state index in [1.807, 2.05) is 0 Å². The van der Waals surface area contributed by atoms with Crippen molar-refractivity contribution >= 4 is 69.6 Å². The molecule has 2 aliphatic heterocycles. The number of aliphatic imine (C=N–C) groups is 1. The van der Waals surface area contributed by atoms with Crippen molar-refractivity contribution in [1.29, 1.82) is 0 Å². The highest BCUT2D eigenvalue weighted by atomic mass is 35.5. The molecule has 10 nitrogen and oxygen atoms in total. The van der Waals surface area contributed by atoms with Gasteiger partial charge in [-0.15, -0.1) is 0 Å². The van der Waals surface area contributed by atoms with Crippen molar-refractivity contribution in [2.24, 2.45) is 10.9 Å². The Bertz CT molecular complexity index is 1140. The maximum Gasteiger partial charge on any atom is 0.392 e. The first-order chi connectivity index (χ1) is 16.2. The lowest BCUT2D eigenvalue weighted by Gasteiger charge is -2.31. The molecule has 2 fully saturated rings. The zero-order chi connectivity index (χ0) is 26.2. The van der Waals surface area contributed by atoms with Crippen molar-refractivity contribution in [3.8, 4) is 0 Å². The Balaban J connectivity index is 2.00. The minimum absolute atomic E-state index is 0.243. The number of hydrogen-bond acceptors (Lipinski definition) is 7. The molecule has 2 saturated heterocycles. The first kappa shape index (κ1) is 26.4. The van der Waals surface area contributed by atoms with Crippen LogP contribution >= 0.6 is 23.4 Å². The summed E-state index contributed by atoms with van der Waals surface area (Å²) in [4.78, 5) is 64.1. The Morgan fingerprint density at radius 3 is 2.23 bits per heavy atom. The molecule has 0 bridgehead atoms. The maximum atomic E-state index is 14.6. The highest BCUT2D eigenvalue weighted by molar-refractivity contribution is 8.15. The van der Waals surface area contributed by atoms with Gasteiger partial charge in [0, 0.05) is 12.8 Å². The molecule has 188 valence electrons. The Labute approximate surface area is 202 Å². The molecule has 0 saturated carbocycles. The number of nitrogens with zero attached hydrogens (tertiary/aromatic N) is 3. The van der Waals surface area contributed by atoms with E-state index >= 15 is 0 Å². The summed E-state index contributed by atoms with van der Waals surface area (Å²) in [7, 11) is 0. The van der Waals surface area contributed by atoms with Crippen molar-refractivity contribution in [2.45, 2.75) is 30.7 Å². The number of carbonyl (C=O) groups excluding carboxylic acids is 3. The first-order valence-electron chi connectivity index (χ1n) is 9.61.